The molecule has 0 radical (unpaired) electrons. The van der Waals surface area contributed by atoms with Crippen LogP contribution >= 0.6 is 0 Å². The number of anilines is 2. The number of aromatic nitrogens is 2. The number of sulfone groups is 1. The van der Waals surface area contributed by atoms with Gasteiger partial charge < -0.3 is 16.4 Å². The average Bonchev–Trinajstić information content (AvgIpc) is 2.74. The predicted octanol–water partition coefficient (Wildman–Crippen LogP) is 3.85. The Balaban J connectivity index is 1.90. The van der Waals surface area contributed by atoms with Crippen LogP contribution in [-0.4, -0.2) is 36.2 Å². The predicted molar refractivity (Wildman–Crippen MR) is 123 cm³/mol. The van der Waals surface area contributed by atoms with E-state index in [1.807, 2.05) is 6.92 Å². The smallest absolute Gasteiger partial charge is 0.319 e. The lowest BCUT2D eigenvalue weighted by Gasteiger charge is -2.32. The molecule has 1 aromatic carbocycles. The van der Waals surface area contributed by atoms with Gasteiger partial charge in [0.15, 0.2) is 15.7 Å². The summed E-state index contributed by atoms with van der Waals surface area (Å²) >= 11 is 0. The maximum absolute atomic E-state index is 13.4. The zero-order chi connectivity index (χ0) is 22.6. The molecule has 0 aliphatic heterocycles. The van der Waals surface area contributed by atoms with Gasteiger partial charge in [-0.2, -0.15) is 0 Å². The quantitative estimate of drug-likeness (QED) is 0.620. The van der Waals surface area contributed by atoms with E-state index in [-0.39, 0.29) is 17.1 Å². The molecule has 0 saturated heterocycles. The monoisotopic (exact) mass is 445 g/mol. The lowest BCUT2D eigenvalue weighted by Crippen LogP contribution is -2.39. The minimum Gasteiger partial charge on any atom is -0.384 e. The molecule has 2 aromatic rings. The van der Waals surface area contributed by atoms with Gasteiger partial charge in [-0.25, -0.2) is 23.2 Å². The summed E-state index contributed by atoms with van der Waals surface area (Å²) in [5.74, 6) is 0.572. The van der Waals surface area contributed by atoms with Crippen LogP contribution in [-0.2, 0) is 14.6 Å². The first-order valence-corrected chi connectivity index (χ1v) is 12.2. The number of carbonyl (C=O) groups excluding carboxylic acids is 1. The fourth-order valence-electron chi connectivity index (χ4n) is 3.88. The van der Waals surface area contributed by atoms with Crippen molar-refractivity contribution < 1.29 is 13.2 Å². The fraction of sp³-hybridized carbons (Fsp3) is 0.500. The largest absolute Gasteiger partial charge is 0.384 e. The van der Waals surface area contributed by atoms with Crippen LogP contribution < -0.4 is 16.4 Å². The molecule has 168 valence electrons. The third-order valence-electron chi connectivity index (χ3n) is 5.80. The van der Waals surface area contributed by atoms with E-state index in [4.69, 9.17) is 5.73 Å². The van der Waals surface area contributed by atoms with Crippen molar-refractivity contribution in [1.29, 1.82) is 0 Å². The third kappa shape index (κ3) is 4.98. The standard InChI is InChI=1S/C22H31N5O3S/c1-4-24-21(28)25-16-12-10-15(11-13-16)20-26-18(14-19(23)27-20)22(2,3)31(29,30)17-8-6-5-7-9-17/h10-14,17H,4-9H2,1-3H3,(H2,23,26,27)(H2,24,25,28). The van der Waals surface area contributed by atoms with Crippen LogP contribution in [0, 0.1) is 0 Å². The van der Waals surface area contributed by atoms with Gasteiger partial charge in [-0.05, 0) is 57.9 Å². The summed E-state index contributed by atoms with van der Waals surface area (Å²) in [5, 5.41) is 5.04. The molecular formula is C22H31N5O3S. The number of nitrogen functional groups attached to an aromatic ring is 1. The van der Waals surface area contributed by atoms with Crippen molar-refractivity contribution in [2.75, 3.05) is 17.6 Å². The second-order valence-corrected chi connectivity index (χ2v) is 11.2. The normalized spacial score (nSPS) is 15.5. The Morgan fingerprint density at radius 1 is 1.13 bits per heavy atom. The molecule has 0 spiro atoms. The number of nitrogens with one attached hydrogen (secondary N) is 2. The van der Waals surface area contributed by atoms with Crippen molar-refractivity contribution in [3.05, 3.63) is 36.0 Å². The highest BCUT2D eigenvalue weighted by Crippen LogP contribution is 2.37. The highest BCUT2D eigenvalue weighted by molar-refractivity contribution is 7.92. The topological polar surface area (TPSA) is 127 Å². The molecule has 1 heterocycles. The molecule has 0 atom stereocenters. The molecular weight excluding hydrogens is 414 g/mol. The molecule has 4 N–H and O–H groups in total. The molecule has 1 aliphatic rings. The molecule has 1 aromatic heterocycles. The van der Waals surface area contributed by atoms with Gasteiger partial charge in [-0.15, -0.1) is 0 Å². The van der Waals surface area contributed by atoms with E-state index >= 15 is 0 Å². The SMILES string of the molecule is CCNC(=O)Nc1ccc(-c2nc(N)cc(C(C)(C)S(=O)(=O)C3CCCCC3)n2)cc1. The first-order valence-electron chi connectivity index (χ1n) is 10.7. The van der Waals surface area contributed by atoms with E-state index in [9.17, 15) is 13.2 Å². The number of carbonyl (C=O) groups is 1. The number of amides is 2. The summed E-state index contributed by atoms with van der Waals surface area (Å²) in [6.45, 7) is 5.76. The Labute approximate surface area is 184 Å². The van der Waals surface area contributed by atoms with E-state index in [1.165, 1.54) is 0 Å². The molecule has 0 bridgehead atoms. The molecule has 1 fully saturated rings. The molecule has 31 heavy (non-hydrogen) atoms. The van der Waals surface area contributed by atoms with Crippen molar-refractivity contribution >= 4 is 27.4 Å². The maximum atomic E-state index is 13.4. The number of nitrogens with two attached hydrogens (primary N) is 1. The number of urea groups is 1. The number of benzene rings is 1. The summed E-state index contributed by atoms with van der Waals surface area (Å²) in [6, 6.07) is 8.27. The summed E-state index contributed by atoms with van der Waals surface area (Å²) < 4.78 is 25.7. The number of hydrogen-bond donors (Lipinski definition) is 3. The van der Waals surface area contributed by atoms with E-state index < -0.39 is 14.6 Å². The Morgan fingerprint density at radius 3 is 2.39 bits per heavy atom. The van der Waals surface area contributed by atoms with E-state index in [0.717, 1.165) is 19.3 Å². The van der Waals surface area contributed by atoms with Crippen molar-refractivity contribution in [3.8, 4) is 11.4 Å². The Kier molecular flexibility index (Phi) is 6.83. The lowest BCUT2D eigenvalue weighted by atomic mass is 10.0. The van der Waals surface area contributed by atoms with Crippen LogP contribution in [0.15, 0.2) is 30.3 Å². The number of nitrogens with zero attached hydrogens (tertiary/aromatic N) is 2. The van der Waals surface area contributed by atoms with Crippen molar-refractivity contribution in [2.24, 2.45) is 0 Å². The minimum absolute atomic E-state index is 0.219. The van der Waals surface area contributed by atoms with Crippen molar-refractivity contribution in [2.45, 2.75) is 62.9 Å². The zero-order valence-electron chi connectivity index (χ0n) is 18.3. The zero-order valence-corrected chi connectivity index (χ0v) is 19.1. The van der Waals surface area contributed by atoms with Gasteiger partial charge in [-0.1, -0.05) is 19.3 Å². The highest BCUT2D eigenvalue weighted by Gasteiger charge is 2.43. The number of rotatable bonds is 6. The van der Waals surface area contributed by atoms with Gasteiger partial charge in [0.25, 0.3) is 0 Å². The van der Waals surface area contributed by atoms with Gasteiger partial charge in [0.1, 0.15) is 10.6 Å². The van der Waals surface area contributed by atoms with Gasteiger partial charge in [0, 0.05) is 23.9 Å². The van der Waals surface area contributed by atoms with E-state index in [2.05, 4.69) is 20.6 Å². The van der Waals surface area contributed by atoms with Crippen LogP contribution in [0.2, 0.25) is 0 Å². The van der Waals surface area contributed by atoms with E-state index in [0.29, 0.717) is 42.2 Å². The second-order valence-electron chi connectivity index (χ2n) is 8.38. The van der Waals surface area contributed by atoms with Gasteiger partial charge in [0.2, 0.25) is 0 Å². The molecule has 3 rings (SSSR count). The Morgan fingerprint density at radius 2 is 1.77 bits per heavy atom. The maximum Gasteiger partial charge on any atom is 0.319 e. The van der Waals surface area contributed by atoms with Crippen LogP contribution in [0.1, 0.15) is 58.6 Å². The first kappa shape index (κ1) is 23.0. The Bertz CT molecular complexity index is 1030. The summed E-state index contributed by atoms with van der Waals surface area (Å²) in [4.78, 5) is 20.6. The van der Waals surface area contributed by atoms with Crippen molar-refractivity contribution in [1.82, 2.24) is 15.3 Å². The van der Waals surface area contributed by atoms with Gasteiger partial charge in [0.05, 0.1) is 10.9 Å². The van der Waals surface area contributed by atoms with Gasteiger partial charge >= 0.3 is 6.03 Å². The Hall–Kier alpha value is -2.68. The van der Waals surface area contributed by atoms with Crippen LogP contribution in [0.3, 0.4) is 0 Å². The first-order chi connectivity index (χ1) is 14.6. The lowest BCUT2D eigenvalue weighted by molar-refractivity contribution is 0.252. The highest BCUT2D eigenvalue weighted by atomic mass is 32.2. The van der Waals surface area contributed by atoms with E-state index in [1.54, 1.807) is 44.2 Å². The van der Waals surface area contributed by atoms with Crippen LogP contribution in [0.25, 0.3) is 11.4 Å². The van der Waals surface area contributed by atoms with Gasteiger partial charge in [-0.3, -0.25) is 0 Å². The number of hydrogen-bond acceptors (Lipinski definition) is 6. The molecule has 2 amide bonds. The second kappa shape index (κ2) is 9.21. The molecule has 8 nitrogen and oxygen atoms in total. The minimum atomic E-state index is -3.46. The summed E-state index contributed by atoms with van der Waals surface area (Å²) in [6.07, 6.45) is 4.35. The third-order valence-corrected chi connectivity index (χ3v) is 8.78. The molecule has 9 heteroatoms. The van der Waals surface area contributed by atoms with Crippen LogP contribution in [0.4, 0.5) is 16.3 Å². The molecule has 1 aliphatic carbocycles. The summed E-state index contributed by atoms with van der Waals surface area (Å²) in [7, 11) is -3.46. The fourth-order valence-corrected chi connectivity index (χ4v) is 6.06. The molecule has 0 unspecified atom stereocenters. The average molecular weight is 446 g/mol. The molecule has 1 saturated carbocycles. The summed E-state index contributed by atoms with van der Waals surface area (Å²) in [5.41, 5.74) is 7.73. The van der Waals surface area contributed by atoms with Crippen molar-refractivity contribution in [3.63, 3.8) is 0 Å². The van der Waals surface area contributed by atoms with Crippen LogP contribution in [0.5, 0.6) is 0 Å².